The number of rotatable bonds is 4. The molecule has 0 amide bonds. The first kappa shape index (κ1) is 12.2. The monoisotopic (exact) mass is 220 g/mol. The molecule has 2 saturated carbocycles. The van der Waals surface area contributed by atoms with E-state index in [2.05, 4.69) is 20.8 Å². The summed E-state index contributed by atoms with van der Waals surface area (Å²) in [7, 11) is 0. The van der Waals surface area contributed by atoms with Crippen LogP contribution in [0.2, 0.25) is 0 Å². The fourth-order valence-corrected chi connectivity index (χ4v) is 3.85. The average molecular weight is 220 g/mol. The third-order valence-electron chi connectivity index (χ3n) is 4.71. The minimum absolute atomic E-state index is 0.486. The van der Waals surface area contributed by atoms with Crippen molar-refractivity contribution in [2.45, 2.75) is 78.6 Å². The van der Waals surface area contributed by atoms with Gasteiger partial charge in [-0.15, -0.1) is 0 Å². The van der Waals surface area contributed by atoms with Crippen molar-refractivity contribution in [1.82, 2.24) is 0 Å². The van der Waals surface area contributed by atoms with Crippen molar-refractivity contribution in [3.8, 4) is 0 Å². The van der Waals surface area contributed by atoms with Gasteiger partial charge in [-0.25, -0.2) is 0 Å². The molecule has 0 N–H and O–H groups in total. The molecule has 0 saturated heterocycles. The first-order chi connectivity index (χ1) is 7.65. The number of hydrogen-bond donors (Lipinski definition) is 0. The summed E-state index contributed by atoms with van der Waals surface area (Å²) in [5, 5.41) is 0. The predicted molar refractivity (Wildman–Crippen MR) is 71.5 cm³/mol. The van der Waals surface area contributed by atoms with Crippen molar-refractivity contribution < 1.29 is 0 Å². The Bertz CT molecular complexity index is 258. The van der Waals surface area contributed by atoms with E-state index in [-0.39, 0.29) is 0 Å². The van der Waals surface area contributed by atoms with Crippen LogP contribution in [0.3, 0.4) is 0 Å². The summed E-state index contributed by atoms with van der Waals surface area (Å²) in [4.78, 5) is 0. The SMILES string of the molecule is CCCC(C)(C)C(=C1CCCC1)C1CCC1. The van der Waals surface area contributed by atoms with Crippen LogP contribution in [0.5, 0.6) is 0 Å². The van der Waals surface area contributed by atoms with E-state index >= 15 is 0 Å². The van der Waals surface area contributed by atoms with Crippen molar-refractivity contribution >= 4 is 0 Å². The molecule has 0 aromatic rings. The predicted octanol–water partition coefficient (Wildman–Crippen LogP) is 5.48. The summed E-state index contributed by atoms with van der Waals surface area (Å²) in [6.07, 6.45) is 12.9. The Morgan fingerprint density at radius 2 is 1.75 bits per heavy atom. The van der Waals surface area contributed by atoms with Gasteiger partial charge in [0.05, 0.1) is 0 Å². The van der Waals surface area contributed by atoms with Crippen LogP contribution in [0.15, 0.2) is 11.1 Å². The molecule has 0 heterocycles. The van der Waals surface area contributed by atoms with Crippen LogP contribution in [-0.2, 0) is 0 Å². The molecular weight excluding hydrogens is 192 g/mol. The van der Waals surface area contributed by atoms with Gasteiger partial charge in [0.1, 0.15) is 0 Å². The highest BCUT2D eigenvalue weighted by Gasteiger charge is 2.34. The lowest BCUT2D eigenvalue weighted by molar-refractivity contribution is 0.274. The zero-order valence-corrected chi connectivity index (χ0v) is 11.4. The van der Waals surface area contributed by atoms with E-state index in [1.165, 1.54) is 57.8 Å². The highest BCUT2D eigenvalue weighted by atomic mass is 14.4. The third kappa shape index (κ3) is 2.36. The molecule has 16 heavy (non-hydrogen) atoms. The van der Waals surface area contributed by atoms with Crippen molar-refractivity contribution in [1.29, 1.82) is 0 Å². The van der Waals surface area contributed by atoms with Crippen molar-refractivity contribution in [3.05, 3.63) is 11.1 Å². The summed E-state index contributed by atoms with van der Waals surface area (Å²) in [6.45, 7) is 7.32. The van der Waals surface area contributed by atoms with Gasteiger partial charge in [-0.1, -0.05) is 44.8 Å². The highest BCUT2D eigenvalue weighted by molar-refractivity contribution is 5.27. The Labute approximate surface area is 102 Å². The molecule has 2 aliphatic carbocycles. The van der Waals surface area contributed by atoms with Crippen LogP contribution in [0.4, 0.5) is 0 Å². The smallest absolute Gasteiger partial charge is 0.0139 e. The molecule has 0 radical (unpaired) electrons. The zero-order valence-electron chi connectivity index (χ0n) is 11.4. The van der Waals surface area contributed by atoms with Gasteiger partial charge in [0, 0.05) is 0 Å². The maximum atomic E-state index is 2.50. The Hall–Kier alpha value is -0.260. The molecular formula is C16H28. The first-order valence-electron chi connectivity index (χ1n) is 7.37. The van der Waals surface area contributed by atoms with Gasteiger partial charge in [0.25, 0.3) is 0 Å². The van der Waals surface area contributed by atoms with Crippen molar-refractivity contribution in [3.63, 3.8) is 0 Å². The van der Waals surface area contributed by atoms with Crippen LogP contribution in [0.25, 0.3) is 0 Å². The van der Waals surface area contributed by atoms with E-state index in [1.54, 1.807) is 0 Å². The van der Waals surface area contributed by atoms with E-state index in [9.17, 15) is 0 Å². The average Bonchev–Trinajstić information content (AvgIpc) is 2.62. The number of allylic oxidation sites excluding steroid dienone is 2. The maximum absolute atomic E-state index is 2.50. The lowest BCUT2D eigenvalue weighted by Gasteiger charge is -2.40. The minimum Gasteiger partial charge on any atom is -0.0702 e. The van der Waals surface area contributed by atoms with Crippen LogP contribution >= 0.6 is 0 Å². The van der Waals surface area contributed by atoms with Crippen LogP contribution in [0, 0.1) is 11.3 Å². The second-order valence-electron chi connectivity index (χ2n) is 6.49. The van der Waals surface area contributed by atoms with Crippen LogP contribution in [0.1, 0.15) is 78.6 Å². The van der Waals surface area contributed by atoms with Crippen LogP contribution in [-0.4, -0.2) is 0 Å². The molecule has 0 aromatic carbocycles. The molecule has 0 unspecified atom stereocenters. The standard InChI is InChI=1S/C16H28/c1-4-12-16(2,3)15(14-10-7-11-14)13-8-5-6-9-13/h14H,4-12H2,1-3H3. The number of hydrogen-bond acceptors (Lipinski definition) is 0. The molecule has 0 heteroatoms. The second-order valence-corrected chi connectivity index (χ2v) is 6.49. The maximum Gasteiger partial charge on any atom is -0.0139 e. The molecule has 0 aromatic heterocycles. The molecule has 2 aliphatic rings. The van der Waals surface area contributed by atoms with E-state index in [4.69, 9.17) is 0 Å². The Kier molecular flexibility index (Phi) is 3.77. The van der Waals surface area contributed by atoms with E-state index < -0.39 is 0 Å². The van der Waals surface area contributed by atoms with Gasteiger partial charge in [-0.05, 0) is 56.3 Å². The van der Waals surface area contributed by atoms with Gasteiger partial charge in [-0.2, -0.15) is 0 Å². The summed E-state index contributed by atoms with van der Waals surface area (Å²) in [5.41, 5.74) is 4.25. The van der Waals surface area contributed by atoms with E-state index in [1.807, 2.05) is 11.1 Å². The van der Waals surface area contributed by atoms with Gasteiger partial charge < -0.3 is 0 Å². The molecule has 0 aliphatic heterocycles. The fourth-order valence-electron chi connectivity index (χ4n) is 3.85. The fraction of sp³-hybridized carbons (Fsp3) is 0.875. The van der Waals surface area contributed by atoms with Crippen LogP contribution < -0.4 is 0 Å². The summed E-state index contributed by atoms with van der Waals surface area (Å²) >= 11 is 0. The quantitative estimate of drug-likeness (QED) is 0.550. The molecule has 0 nitrogen and oxygen atoms in total. The normalized spacial score (nSPS) is 22.3. The van der Waals surface area contributed by atoms with E-state index in [0.29, 0.717) is 5.41 Å². The Morgan fingerprint density at radius 3 is 2.19 bits per heavy atom. The van der Waals surface area contributed by atoms with Crippen molar-refractivity contribution in [2.24, 2.45) is 11.3 Å². The molecule has 0 spiro atoms. The first-order valence-corrected chi connectivity index (χ1v) is 7.37. The summed E-state index contributed by atoms with van der Waals surface area (Å²) in [6, 6.07) is 0. The van der Waals surface area contributed by atoms with Gasteiger partial charge in [0.2, 0.25) is 0 Å². The molecule has 92 valence electrons. The largest absolute Gasteiger partial charge is 0.0702 e. The molecule has 0 bridgehead atoms. The topological polar surface area (TPSA) is 0 Å². The lowest BCUT2D eigenvalue weighted by atomic mass is 9.65. The van der Waals surface area contributed by atoms with E-state index in [0.717, 1.165) is 5.92 Å². The Morgan fingerprint density at radius 1 is 1.12 bits per heavy atom. The summed E-state index contributed by atoms with van der Waals surface area (Å²) in [5.74, 6) is 0.967. The molecule has 2 fully saturated rings. The summed E-state index contributed by atoms with van der Waals surface area (Å²) < 4.78 is 0. The minimum atomic E-state index is 0.486. The van der Waals surface area contributed by atoms with Gasteiger partial charge >= 0.3 is 0 Å². The lowest BCUT2D eigenvalue weighted by Crippen LogP contribution is -2.27. The van der Waals surface area contributed by atoms with Crippen molar-refractivity contribution in [2.75, 3.05) is 0 Å². The van der Waals surface area contributed by atoms with Gasteiger partial charge in [-0.3, -0.25) is 0 Å². The van der Waals surface area contributed by atoms with Gasteiger partial charge in [0.15, 0.2) is 0 Å². The Balaban J connectivity index is 2.22. The zero-order chi connectivity index (χ0) is 11.6. The molecule has 0 atom stereocenters. The second kappa shape index (κ2) is 4.94. The third-order valence-corrected chi connectivity index (χ3v) is 4.71. The molecule has 2 rings (SSSR count). The highest BCUT2D eigenvalue weighted by Crippen LogP contribution is 2.48.